The van der Waals surface area contributed by atoms with Gasteiger partial charge in [-0.05, 0) is 48.7 Å². The maximum atomic E-state index is 12.5. The number of cyclic esters (lactones) is 1. The molecule has 0 spiro atoms. The van der Waals surface area contributed by atoms with Crippen LogP contribution in [0.15, 0.2) is 52.3 Å². The first-order chi connectivity index (χ1) is 15.4. The van der Waals surface area contributed by atoms with Gasteiger partial charge < -0.3 is 14.2 Å². The van der Waals surface area contributed by atoms with E-state index in [0.717, 1.165) is 23.4 Å². The fourth-order valence-corrected chi connectivity index (χ4v) is 4.73. The van der Waals surface area contributed by atoms with Gasteiger partial charge in [-0.25, -0.2) is 4.79 Å². The van der Waals surface area contributed by atoms with Crippen molar-refractivity contribution in [2.24, 2.45) is 0 Å². The first-order valence-electron chi connectivity index (χ1n) is 9.32. The quantitative estimate of drug-likeness (QED) is 0.384. The molecular weight excluding hydrogens is 505 g/mol. The van der Waals surface area contributed by atoms with E-state index < -0.39 is 33.0 Å². The first kappa shape index (κ1) is 25.0. The predicted molar refractivity (Wildman–Crippen MR) is 113 cm³/mol. The van der Waals surface area contributed by atoms with E-state index >= 15 is 0 Å². The van der Waals surface area contributed by atoms with E-state index in [2.05, 4.69) is 9.50 Å². The lowest BCUT2D eigenvalue weighted by atomic mass is 9.90. The summed E-state index contributed by atoms with van der Waals surface area (Å²) in [5, 5.41) is 12.1. The molecule has 0 bridgehead atoms. The third-order valence-electron chi connectivity index (χ3n) is 4.69. The maximum absolute atomic E-state index is 12.5. The smallest absolute Gasteiger partial charge is 0.447 e. The Labute approximate surface area is 196 Å². The number of hydrogen-bond donors (Lipinski definition) is 1. The van der Waals surface area contributed by atoms with Crippen LogP contribution in [0.1, 0.15) is 18.4 Å². The highest BCUT2D eigenvalue weighted by molar-refractivity contribution is 7.99. The number of alkyl carbamates (subject to hydrolysis) is 1. The minimum absolute atomic E-state index is 0.0900. The summed E-state index contributed by atoms with van der Waals surface area (Å²) in [6, 6.07) is 12.4. The number of halogens is 4. The Bertz CT molecular complexity index is 1200. The molecule has 1 unspecified atom stereocenters. The molecule has 33 heavy (non-hydrogen) atoms. The van der Waals surface area contributed by atoms with Crippen molar-refractivity contribution in [1.29, 1.82) is 5.26 Å². The number of rotatable bonds is 8. The Morgan fingerprint density at radius 2 is 1.97 bits per heavy atom. The molecule has 0 radical (unpaired) electrons. The van der Waals surface area contributed by atoms with Gasteiger partial charge in [-0.1, -0.05) is 35.5 Å². The molecule has 2 aromatic rings. The van der Waals surface area contributed by atoms with E-state index in [4.69, 9.17) is 21.6 Å². The molecular formula is C20H16ClF3N2O5S2. The second-order valence-electron chi connectivity index (χ2n) is 7.13. The lowest BCUT2D eigenvalue weighted by Gasteiger charge is -2.23. The van der Waals surface area contributed by atoms with Crippen molar-refractivity contribution in [2.45, 2.75) is 40.1 Å². The standard InChI is InChI=1S/C20H16ClF3N2O5S2/c21-17-11-16(5-4-13(17)6-7-19(8-9-25)12-30-18(27)26-19)32-15-3-1-2-14(10-15)31-33(28,29)20(22,23)24/h1-5,10-11H,6-8,12H2,(H,26,27). The van der Waals surface area contributed by atoms with Gasteiger partial charge in [0.15, 0.2) is 0 Å². The zero-order chi connectivity index (χ0) is 24.3. The molecule has 3 rings (SSSR count). The minimum atomic E-state index is -5.76. The molecule has 1 fully saturated rings. The Hall–Kier alpha value is -2.62. The summed E-state index contributed by atoms with van der Waals surface area (Å²) < 4.78 is 69.0. The summed E-state index contributed by atoms with van der Waals surface area (Å²) in [7, 11) is -5.76. The van der Waals surface area contributed by atoms with Crippen LogP contribution in [-0.2, 0) is 21.3 Å². The summed E-state index contributed by atoms with van der Waals surface area (Å²) in [5.41, 5.74) is -5.54. The molecule has 7 nitrogen and oxygen atoms in total. The molecule has 1 atom stereocenters. The normalized spacial score (nSPS) is 18.3. The minimum Gasteiger partial charge on any atom is -0.447 e. The van der Waals surface area contributed by atoms with Crippen molar-refractivity contribution in [1.82, 2.24) is 5.32 Å². The van der Waals surface area contributed by atoms with Crippen LogP contribution in [0.4, 0.5) is 18.0 Å². The van der Waals surface area contributed by atoms with Crippen LogP contribution in [0, 0.1) is 11.3 Å². The Morgan fingerprint density at radius 3 is 2.58 bits per heavy atom. The Kier molecular flexibility index (Phi) is 7.36. The number of nitriles is 1. The highest BCUT2D eigenvalue weighted by Gasteiger charge is 2.48. The number of aryl methyl sites for hydroxylation is 1. The van der Waals surface area contributed by atoms with E-state index in [1.807, 2.05) is 6.07 Å². The SMILES string of the molecule is N#CCC1(CCc2ccc(Sc3cccc(OS(=O)(=O)C(F)(F)F)c3)cc2Cl)COC(=O)N1. The topological polar surface area (TPSA) is 105 Å². The molecule has 13 heteroatoms. The highest BCUT2D eigenvalue weighted by Crippen LogP contribution is 2.35. The van der Waals surface area contributed by atoms with Crippen LogP contribution in [0.25, 0.3) is 0 Å². The van der Waals surface area contributed by atoms with Gasteiger partial charge in [0.05, 0.1) is 18.0 Å². The van der Waals surface area contributed by atoms with Gasteiger partial charge in [0, 0.05) is 14.8 Å². The number of hydrogen-bond acceptors (Lipinski definition) is 7. The number of ether oxygens (including phenoxy) is 1. The van der Waals surface area contributed by atoms with Crippen molar-refractivity contribution in [3.05, 3.63) is 53.1 Å². The second-order valence-corrected chi connectivity index (χ2v) is 10.2. The van der Waals surface area contributed by atoms with Crippen LogP contribution in [0.5, 0.6) is 5.75 Å². The summed E-state index contributed by atoms with van der Waals surface area (Å²) in [6.07, 6.45) is 0.420. The van der Waals surface area contributed by atoms with Gasteiger partial charge in [-0.2, -0.15) is 26.9 Å². The molecule has 176 valence electrons. The number of amides is 1. The maximum Gasteiger partial charge on any atom is 0.534 e. The molecule has 1 N–H and O–H groups in total. The van der Waals surface area contributed by atoms with Crippen molar-refractivity contribution in [3.63, 3.8) is 0 Å². The third-order valence-corrected chi connectivity index (χ3v) is 7.00. The number of alkyl halides is 3. The number of carbonyl (C=O) groups is 1. The molecule has 2 aromatic carbocycles. The summed E-state index contributed by atoms with van der Waals surface area (Å²) >= 11 is 7.52. The van der Waals surface area contributed by atoms with Crippen LogP contribution in [0.2, 0.25) is 5.02 Å². The van der Waals surface area contributed by atoms with Crippen molar-refractivity contribution >= 4 is 39.6 Å². The Balaban J connectivity index is 1.68. The van der Waals surface area contributed by atoms with E-state index in [1.54, 1.807) is 24.3 Å². The summed E-state index contributed by atoms with van der Waals surface area (Å²) in [5.74, 6) is -0.469. The summed E-state index contributed by atoms with van der Waals surface area (Å²) in [4.78, 5) is 12.5. The number of nitrogens with one attached hydrogen (secondary N) is 1. The van der Waals surface area contributed by atoms with E-state index in [0.29, 0.717) is 27.7 Å². The average molecular weight is 521 g/mol. The van der Waals surface area contributed by atoms with Gasteiger partial charge >= 0.3 is 21.7 Å². The molecule has 1 saturated heterocycles. The monoisotopic (exact) mass is 520 g/mol. The predicted octanol–water partition coefficient (Wildman–Crippen LogP) is 5.04. The third kappa shape index (κ3) is 6.25. The lowest BCUT2D eigenvalue weighted by Crippen LogP contribution is -2.43. The number of carbonyl (C=O) groups excluding carboxylic acids is 1. The van der Waals surface area contributed by atoms with Gasteiger partial charge in [0.25, 0.3) is 0 Å². The Morgan fingerprint density at radius 1 is 1.24 bits per heavy atom. The van der Waals surface area contributed by atoms with Crippen molar-refractivity contribution in [3.8, 4) is 11.8 Å². The van der Waals surface area contributed by atoms with Crippen molar-refractivity contribution < 1.29 is 35.3 Å². The first-order valence-corrected chi connectivity index (χ1v) is 11.9. The highest BCUT2D eigenvalue weighted by atomic mass is 35.5. The zero-order valence-corrected chi connectivity index (χ0v) is 19.1. The van der Waals surface area contributed by atoms with E-state index in [1.165, 1.54) is 12.1 Å². The van der Waals surface area contributed by atoms with Gasteiger partial charge in [0.1, 0.15) is 12.4 Å². The molecule has 1 amide bonds. The molecule has 1 heterocycles. The molecule has 0 aromatic heterocycles. The van der Waals surface area contributed by atoms with E-state index in [9.17, 15) is 26.4 Å². The average Bonchev–Trinajstić information content (AvgIpc) is 3.07. The van der Waals surface area contributed by atoms with Crippen molar-refractivity contribution in [2.75, 3.05) is 6.61 Å². The van der Waals surface area contributed by atoms with Gasteiger partial charge in [-0.3, -0.25) is 0 Å². The molecule has 1 aliphatic heterocycles. The second kappa shape index (κ2) is 9.70. The van der Waals surface area contributed by atoms with Crippen LogP contribution < -0.4 is 9.50 Å². The number of benzene rings is 2. The van der Waals surface area contributed by atoms with Gasteiger partial charge in [0.2, 0.25) is 0 Å². The lowest BCUT2D eigenvalue weighted by molar-refractivity contribution is -0.0500. The van der Waals surface area contributed by atoms with E-state index in [-0.39, 0.29) is 13.0 Å². The fourth-order valence-electron chi connectivity index (χ4n) is 3.03. The molecule has 0 aliphatic carbocycles. The zero-order valence-electron chi connectivity index (χ0n) is 16.7. The largest absolute Gasteiger partial charge is 0.534 e. The molecule has 0 saturated carbocycles. The van der Waals surface area contributed by atoms with Gasteiger partial charge in [-0.15, -0.1) is 0 Å². The number of nitrogens with zero attached hydrogens (tertiary/aromatic N) is 1. The summed E-state index contributed by atoms with van der Waals surface area (Å²) in [6.45, 7) is 0.0907. The fraction of sp³-hybridized carbons (Fsp3) is 0.300. The van der Waals surface area contributed by atoms with Crippen LogP contribution >= 0.6 is 23.4 Å². The molecule has 1 aliphatic rings. The van der Waals surface area contributed by atoms with Crippen LogP contribution in [-0.4, -0.2) is 32.2 Å². The van der Waals surface area contributed by atoms with Crippen LogP contribution in [0.3, 0.4) is 0 Å².